The zero-order valence-electron chi connectivity index (χ0n) is 14.3. The molecule has 0 saturated heterocycles. The third kappa shape index (κ3) is 4.55. The van der Waals surface area contributed by atoms with Crippen molar-refractivity contribution >= 4 is 17.4 Å². The van der Waals surface area contributed by atoms with Crippen molar-refractivity contribution in [3.8, 4) is 0 Å². The molecule has 124 valence electrons. The summed E-state index contributed by atoms with van der Waals surface area (Å²) in [6, 6.07) is 3.41. The lowest BCUT2D eigenvalue weighted by Crippen LogP contribution is -2.13. The molecule has 0 aliphatic heterocycles. The molecule has 0 aromatic carbocycles. The highest BCUT2D eigenvalue weighted by atomic mass is 16.1. The normalized spacial score (nSPS) is 11.0. The highest BCUT2D eigenvalue weighted by Crippen LogP contribution is 2.17. The molecule has 0 bridgehead atoms. The van der Waals surface area contributed by atoms with Gasteiger partial charge in [0.1, 0.15) is 5.82 Å². The number of pyridine rings is 1. The Hall–Kier alpha value is -2.37. The van der Waals surface area contributed by atoms with Crippen LogP contribution in [-0.4, -0.2) is 20.7 Å². The number of amides is 1. The quantitative estimate of drug-likeness (QED) is 0.858. The van der Waals surface area contributed by atoms with Crippen molar-refractivity contribution in [2.45, 2.75) is 47.1 Å². The third-order valence-electron chi connectivity index (χ3n) is 3.74. The van der Waals surface area contributed by atoms with Crippen molar-refractivity contribution in [1.29, 1.82) is 0 Å². The minimum Gasteiger partial charge on any atom is -0.384 e. The van der Waals surface area contributed by atoms with E-state index in [1.54, 1.807) is 18.3 Å². The molecule has 0 atom stereocenters. The van der Waals surface area contributed by atoms with E-state index >= 15 is 0 Å². The number of nitrogens with zero attached hydrogens (tertiary/aromatic N) is 3. The number of aryl methyl sites for hydroxylation is 1. The van der Waals surface area contributed by atoms with Gasteiger partial charge in [-0.2, -0.15) is 5.10 Å². The van der Waals surface area contributed by atoms with Gasteiger partial charge in [-0.3, -0.25) is 9.48 Å². The van der Waals surface area contributed by atoms with Gasteiger partial charge < -0.3 is 11.1 Å². The van der Waals surface area contributed by atoms with Crippen LogP contribution >= 0.6 is 0 Å². The van der Waals surface area contributed by atoms with E-state index in [9.17, 15) is 4.79 Å². The van der Waals surface area contributed by atoms with Gasteiger partial charge in [0.05, 0.1) is 17.6 Å². The van der Waals surface area contributed by atoms with Crippen LogP contribution in [0.25, 0.3) is 0 Å². The summed E-state index contributed by atoms with van der Waals surface area (Å²) in [5, 5.41) is 7.42. The van der Waals surface area contributed by atoms with Crippen molar-refractivity contribution in [2.24, 2.45) is 5.92 Å². The van der Waals surface area contributed by atoms with Gasteiger partial charge in [-0.25, -0.2) is 4.98 Å². The van der Waals surface area contributed by atoms with Crippen LogP contribution in [-0.2, 0) is 17.8 Å². The first-order valence-corrected chi connectivity index (χ1v) is 7.91. The van der Waals surface area contributed by atoms with Crippen LogP contribution in [0, 0.1) is 19.8 Å². The Morgan fingerprint density at radius 2 is 2.09 bits per heavy atom. The summed E-state index contributed by atoms with van der Waals surface area (Å²) < 4.78 is 2.04. The summed E-state index contributed by atoms with van der Waals surface area (Å²) in [6.07, 6.45) is 2.66. The van der Waals surface area contributed by atoms with Gasteiger partial charge >= 0.3 is 0 Å². The molecule has 0 radical (unpaired) electrons. The molecule has 2 aromatic rings. The first-order chi connectivity index (χ1) is 10.9. The number of rotatable bonds is 6. The summed E-state index contributed by atoms with van der Waals surface area (Å²) in [4.78, 5) is 16.0. The van der Waals surface area contributed by atoms with E-state index in [-0.39, 0.29) is 5.91 Å². The fourth-order valence-electron chi connectivity index (χ4n) is 2.56. The Balaban J connectivity index is 1.96. The molecule has 1 amide bonds. The van der Waals surface area contributed by atoms with Crippen molar-refractivity contribution in [1.82, 2.24) is 14.8 Å². The fourth-order valence-corrected chi connectivity index (χ4v) is 2.56. The largest absolute Gasteiger partial charge is 0.384 e. The third-order valence-corrected chi connectivity index (χ3v) is 3.74. The molecule has 23 heavy (non-hydrogen) atoms. The zero-order chi connectivity index (χ0) is 17.0. The number of nitrogens with one attached hydrogen (secondary N) is 1. The topological polar surface area (TPSA) is 85.8 Å². The monoisotopic (exact) mass is 315 g/mol. The van der Waals surface area contributed by atoms with Gasteiger partial charge in [-0.15, -0.1) is 0 Å². The van der Waals surface area contributed by atoms with Crippen molar-refractivity contribution in [3.63, 3.8) is 0 Å². The fraction of sp³-hybridized carbons (Fsp3) is 0.471. The Labute approximate surface area is 137 Å². The van der Waals surface area contributed by atoms with Crippen LogP contribution in [0.2, 0.25) is 0 Å². The lowest BCUT2D eigenvalue weighted by Gasteiger charge is -2.08. The van der Waals surface area contributed by atoms with Crippen LogP contribution in [0.1, 0.15) is 37.2 Å². The van der Waals surface area contributed by atoms with E-state index in [0.717, 1.165) is 23.5 Å². The standard InChI is InChI=1S/C17H25N5O/c1-11(2)10-22-13(4)15(12(3)21-22)6-8-17(23)20-14-5-7-16(18)19-9-14/h5,7,9,11H,6,8,10H2,1-4H3,(H2,18,19)(H,20,23). The smallest absolute Gasteiger partial charge is 0.224 e. The van der Waals surface area contributed by atoms with E-state index in [2.05, 4.69) is 36.2 Å². The molecule has 0 fully saturated rings. The van der Waals surface area contributed by atoms with Gasteiger partial charge in [-0.05, 0) is 43.9 Å². The number of nitrogens with two attached hydrogens (primary N) is 1. The maximum absolute atomic E-state index is 12.1. The molecule has 2 aromatic heterocycles. The number of anilines is 2. The lowest BCUT2D eigenvalue weighted by molar-refractivity contribution is -0.116. The Morgan fingerprint density at radius 3 is 2.70 bits per heavy atom. The average molecular weight is 315 g/mol. The van der Waals surface area contributed by atoms with Gasteiger partial charge in [0.25, 0.3) is 0 Å². The molecule has 3 N–H and O–H groups in total. The van der Waals surface area contributed by atoms with E-state index in [4.69, 9.17) is 5.73 Å². The van der Waals surface area contributed by atoms with Crippen molar-refractivity contribution in [2.75, 3.05) is 11.1 Å². The average Bonchev–Trinajstić information content (AvgIpc) is 2.73. The lowest BCUT2D eigenvalue weighted by atomic mass is 10.1. The van der Waals surface area contributed by atoms with Crippen molar-refractivity contribution < 1.29 is 4.79 Å². The Kier molecular flexibility index (Phi) is 5.36. The van der Waals surface area contributed by atoms with Crippen LogP contribution < -0.4 is 11.1 Å². The molecule has 2 rings (SSSR count). The van der Waals surface area contributed by atoms with Gasteiger partial charge in [-0.1, -0.05) is 13.8 Å². The highest BCUT2D eigenvalue weighted by molar-refractivity contribution is 5.90. The van der Waals surface area contributed by atoms with E-state index in [1.807, 2.05) is 11.6 Å². The van der Waals surface area contributed by atoms with Gasteiger partial charge in [0.2, 0.25) is 5.91 Å². The first-order valence-electron chi connectivity index (χ1n) is 7.91. The summed E-state index contributed by atoms with van der Waals surface area (Å²) in [6.45, 7) is 9.31. The van der Waals surface area contributed by atoms with E-state index in [0.29, 0.717) is 30.3 Å². The summed E-state index contributed by atoms with van der Waals surface area (Å²) in [5.74, 6) is 0.945. The molecule has 0 aliphatic rings. The number of nitrogen functional groups attached to an aromatic ring is 1. The number of hydrogen-bond acceptors (Lipinski definition) is 4. The molecule has 0 unspecified atom stereocenters. The number of carbonyl (C=O) groups excluding carboxylic acids is 1. The SMILES string of the molecule is Cc1nn(CC(C)C)c(C)c1CCC(=O)Nc1ccc(N)nc1. The summed E-state index contributed by atoms with van der Waals surface area (Å²) in [7, 11) is 0. The zero-order valence-corrected chi connectivity index (χ0v) is 14.3. The molecule has 6 heteroatoms. The van der Waals surface area contributed by atoms with Crippen LogP contribution in [0.5, 0.6) is 0 Å². The molecule has 0 spiro atoms. The van der Waals surface area contributed by atoms with Crippen LogP contribution in [0.4, 0.5) is 11.5 Å². The van der Waals surface area contributed by atoms with Crippen LogP contribution in [0.15, 0.2) is 18.3 Å². The second kappa shape index (κ2) is 7.26. The van der Waals surface area contributed by atoms with Gasteiger partial charge in [0, 0.05) is 18.7 Å². The van der Waals surface area contributed by atoms with Gasteiger partial charge in [0.15, 0.2) is 0 Å². The molecule has 0 aliphatic carbocycles. The molecular formula is C17H25N5O. The molecular weight excluding hydrogens is 290 g/mol. The van der Waals surface area contributed by atoms with Crippen molar-refractivity contribution in [3.05, 3.63) is 35.3 Å². The number of carbonyl (C=O) groups is 1. The van der Waals surface area contributed by atoms with E-state index in [1.165, 1.54) is 0 Å². The minimum absolute atomic E-state index is 0.0352. The number of hydrogen-bond donors (Lipinski definition) is 2. The first kappa shape index (κ1) is 17.0. The second-order valence-electron chi connectivity index (χ2n) is 6.25. The predicted molar refractivity (Wildman–Crippen MR) is 92.1 cm³/mol. The van der Waals surface area contributed by atoms with E-state index < -0.39 is 0 Å². The molecule has 6 nitrogen and oxygen atoms in total. The minimum atomic E-state index is -0.0352. The summed E-state index contributed by atoms with van der Waals surface area (Å²) in [5.41, 5.74) is 9.51. The number of aromatic nitrogens is 3. The molecule has 2 heterocycles. The highest BCUT2D eigenvalue weighted by Gasteiger charge is 2.14. The van der Waals surface area contributed by atoms with Crippen LogP contribution in [0.3, 0.4) is 0 Å². The Bertz CT molecular complexity index is 673. The second-order valence-corrected chi connectivity index (χ2v) is 6.25. The maximum atomic E-state index is 12.1. The predicted octanol–water partition coefficient (Wildman–Crippen LogP) is 2.70. The summed E-state index contributed by atoms with van der Waals surface area (Å²) >= 11 is 0. The molecule has 0 saturated carbocycles. The Morgan fingerprint density at radius 1 is 1.35 bits per heavy atom. The maximum Gasteiger partial charge on any atom is 0.224 e.